The van der Waals surface area contributed by atoms with E-state index in [2.05, 4.69) is 4.98 Å². The highest BCUT2D eigenvalue weighted by molar-refractivity contribution is 6.32. The Morgan fingerprint density at radius 2 is 2.29 bits per heavy atom. The SMILES string of the molecule is NNC(=O)/C=C/c1ccc(OCc2cccnc2)c(Cl)c1. The number of benzene rings is 1. The molecule has 0 aliphatic rings. The lowest BCUT2D eigenvalue weighted by molar-refractivity contribution is -0.116. The summed E-state index contributed by atoms with van der Waals surface area (Å²) in [4.78, 5) is 15.0. The predicted octanol–water partition coefficient (Wildman–Crippen LogP) is 2.32. The van der Waals surface area contributed by atoms with Crippen molar-refractivity contribution in [1.29, 1.82) is 0 Å². The van der Waals surface area contributed by atoms with E-state index < -0.39 is 0 Å². The number of hydrogen-bond acceptors (Lipinski definition) is 4. The van der Waals surface area contributed by atoms with Crippen LogP contribution < -0.4 is 16.0 Å². The predicted molar refractivity (Wildman–Crippen MR) is 81.4 cm³/mol. The summed E-state index contributed by atoms with van der Waals surface area (Å²) in [6.45, 7) is 0.387. The zero-order chi connectivity index (χ0) is 15.1. The van der Waals surface area contributed by atoms with Gasteiger partial charge in [-0.1, -0.05) is 23.7 Å². The second-order valence-corrected chi connectivity index (χ2v) is 4.59. The number of aromatic nitrogens is 1. The van der Waals surface area contributed by atoms with E-state index in [1.54, 1.807) is 36.7 Å². The van der Waals surface area contributed by atoms with Crippen molar-refractivity contribution in [3.05, 3.63) is 65.0 Å². The molecule has 3 N–H and O–H groups in total. The molecule has 1 amide bonds. The van der Waals surface area contributed by atoms with Gasteiger partial charge in [-0.05, 0) is 29.8 Å². The zero-order valence-electron chi connectivity index (χ0n) is 11.1. The summed E-state index contributed by atoms with van der Waals surface area (Å²) < 4.78 is 5.63. The third-order valence-corrected chi connectivity index (χ3v) is 2.94. The fourth-order valence-corrected chi connectivity index (χ4v) is 1.85. The molecular weight excluding hydrogens is 290 g/mol. The molecule has 2 aromatic rings. The number of carbonyl (C=O) groups is 1. The van der Waals surface area contributed by atoms with Crippen molar-refractivity contribution < 1.29 is 9.53 Å². The van der Waals surface area contributed by atoms with Crippen LogP contribution in [0.4, 0.5) is 0 Å². The van der Waals surface area contributed by atoms with Crippen molar-refractivity contribution in [2.24, 2.45) is 5.84 Å². The minimum absolute atomic E-state index is 0.386. The number of nitrogens with two attached hydrogens (primary N) is 1. The van der Waals surface area contributed by atoms with Crippen molar-refractivity contribution in [1.82, 2.24) is 10.4 Å². The van der Waals surface area contributed by atoms with E-state index in [1.165, 1.54) is 6.08 Å². The summed E-state index contributed by atoms with van der Waals surface area (Å²) >= 11 is 6.15. The van der Waals surface area contributed by atoms with Crippen LogP contribution in [0.15, 0.2) is 48.8 Å². The molecular formula is C15H14ClN3O2. The molecule has 2 rings (SSSR count). The van der Waals surface area contributed by atoms with Crippen LogP contribution in [0.1, 0.15) is 11.1 Å². The third kappa shape index (κ3) is 4.59. The number of nitrogens with zero attached hydrogens (tertiary/aromatic N) is 1. The monoisotopic (exact) mass is 303 g/mol. The lowest BCUT2D eigenvalue weighted by Gasteiger charge is -2.08. The maximum atomic E-state index is 11.0. The van der Waals surface area contributed by atoms with E-state index in [1.807, 2.05) is 17.6 Å². The van der Waals surface area contributed by atoms with Gasteiger partial charge in [0.05, 0.1) is 5.02 Å². The highest BCUT2D eigenvalue weighted by atomic mass is 35.5. The average Bonchev–Trinajstić information content (AvgIpc) is 2.52. The summed E-state index contributed by atoms with van der Waals surface area (Å²) in [5, 5.41) is 0.467. The van der Waals surface area contributed by atoms with E-state index in [-0.39, 0.29) is 5.91 Å². The van der Waals surface area contributed by atoms with Gasteiger partial charge in [-0.2, -0.15) is 0 Å². The van der Waals surface area contributed by atoms with E-state index in [9.17, 15) is 4.79 Å². The average molecular weight is 304 g/mol. The molecule has 21 heavy (non-hydrogen) atoms. The Morgan fingerprint density at radius 1 is 1.43 bits per heavy atom. The molecule has 1 aromatic carbocycles. The van der Waals surface area contributed by atoms with Crippen LogP contribution in [0.5, 0.6) is 5.75 Å². The molecule has 0 bridgehead atoms. The molecule has 0 saturated carbocycles. The smallest absolute Gasteiger partial charge is 0.257 e. The number of hydrogen-bond donors (Lipinski definition) is 2. The Labute approximate surface area is 127 Å². The molecule has 0 spiro atoms. The molecule has 0 saturated heterocycles. The zero-order valence-corrected chi connectivity index (χ0v) is 11.9. The highest BCUT2D eigenvalue weighted by Gasteiger charge is 2.03. The molecule has 5 nitrogen and oxygen atoms in total. The van der Waals surface area contributed by atoms with Gasteiger partial charge in [-0.3, -0.25) is 15.2 Å². The molecule has 0 atom stereocenters. The molecule has 0 aliphatic carbocycles. The Kier molecular flexibility index (Phi) is 5.31. The molecule has 1 aromatic heterocycles. The second kappa shape index (κ2) is 7.42. The maximum Gasteiger partial charge on any atom is 0.257 e. The number of amides is 1. The number of ether oxygens (including phenoxy) is 1. The third-order valence-electron chi connectivity index (χ3n) is 2.64. The van der Waals surface area contributed by atoms with E-state index in [4.69, 9.17) is 22.2 Å². The van der Waals surface area contributed by atoms with Gasteiger partial charge in [0.2, 0.25) is 0 Å². The first-order chi connectivity index (χ1) is 10.2. The van der Waals surface area contributed by atoms with Gasteiger partial charge in [0, 0.05) is 24.0 Å². The Balaban J connectivity index is 2.02. The lowest BCUT2D eigenvalue weighted by Crippen LogP contribution is -2.27. The maximum absolute atomic E-state index is 11.0. The van der Waals surface area contributed by atoms with Crippen LogP contribution in [0.3, 0.4) is 0 Å². The molecule has 0 unspecified atom stereocenters. The van der Waals surface area contributed by atoms with Crippen LogP contribution in [0, 0.1) is 0 Å². The summed E-state index contributed by atoms with van der Waals surface area (Å²) in [6, 6.07) is 9.02. The number of rotatable bonds is 5. The largest absolute Gasteiger partial charge is 0.487 e. The molecule has 0 radical (unpaired) electrons. The number of nitrogens with one attached hydrogen (secondary N) is 1. The molecule has 0 fully saturated rings. The van der Waals surface area contributed by atoms with Crippen LogP contribution >= 0.6 is 11.6 Å². The van der Waals surface area contributed by atoms with Crippen LogP contribution in [-0.4, -0.2) is 10.9 Å². The van der Waals surface area contributed by atoms with Gasteiger partial charge in [0.1, 0.15) is 12.4 Å². The Bertz CT molecular complexity index is 645. The van der Waals surface area contributed by atoms with Crippen LogP contribution in [0.25, 0.3) is 6.08 Å². The standard InChI is InChI=1S/C15H14ClN3O2/c16-13-8-11(4-6-15(20)19-17)3-5-14(13)21-10-12-2-1-7-18-9-12/h1-9H,10,17H2,(H,19,20)/b6-4+. The van der Waals surface area contributed by atoms with Crippen LogP contribution in [-0.2, 0) is 11.4 Å². The van der Waals surface area contributed by atoms with Crippen LogP contribution in [0.2, 0.25) is 5.02 Å². The van der Waals surface area contributed by atoms with Crippen molar-refractivity contribution in [2.45, 2.75) is 6.61 Å². The Morgan fingerprint density at radius 3 is 2.95 bits per heavy atom. The topological polar surface area (TPSA) is 77.2 Å². The van der Waals surface area contributed by atoms with Crippen molar-refractivity contribution >= 4 is 23.6 Å². The number of halogens is 1. The number of hydrazine groups is 1. The first kappa shape index (κ1) is 15.0. The fourth-order valence-electron chi connectivity index (χ4n) is 1.60. The van der Waals surface area contributed by atoms with E-state index in [0.717, 1.165) is 11.1 Å². The summed E-state index contributed by atoms with van der Waals surface area (Å²) in [5.41, 5.74) is 3.74. The molecule has 108 valence electrons. The van der Waals surface area contributed by atoms with Gasteiger partial charge in [-0.15, -0.1) is 0 Å². The van der Waals surface area contributed by atoms with Gasteiger partial charge in [0.15, 0.2) is 0 Å². The fraction of sp³-hybridized carbons (Fsp3) is 0.0667. The van der Waals surface area contributed by atoms with E-state index in [0.29, 0.717) is 17.4 Å². The van der Waals surface area contributed by atoms with E-state index >= 15 is 0 Å². The minimum Gasteiger partial charge on any atom is -0.487 e. The molecule has 1 heterocycles. The first-order valence-electron chi connectivity index (χ1n) is 6.19. The van der Waals surface area contributed by atoms with Gasteiger partial charge < -0.3 is 4.74 Å². The molecule has 0 aliphatic heterocycles. The van der Waals surface area contributed by atoms with Gasteiger partial charge in [-0.25, -0.2) is 5.84 Å². The van der Waals surface area contributed by atoms with Gasteiger partial charge >= 0.3 is 0 Å². The summed E-state index contributed by atoms with van der Waals surface area (Å²) in [5.74, 6) is 5.17. The summed E-state index contributed by atoms with van der Waals surface area (Å²) in [7, 11) is 0. The first-order valence-corrected chi connectivity index (χ1v) is 6.57. The summed E-state index contributed by atoms with van der Waals surface area (Å²) in [6.07, 6.45) is 6.37. The number of carbonyl (C=O) groups excluding carboxylic acids is 1. The molecule has 6 heteroatoms. The van der Waals surface area contributed by atoms with Crippen molar-refractivity contribution in [2.75, 3.05) is 0 Å². The number of pyridine rings is 1. The minimum atomic E-state index is -0.386. The quantitative estimate of drug-likeness (QED) is 0.384. The van der Waals surface area contributed by atoms with Crippen molar-refractivity contribution in [3.8, 4) is 5.75 Å². The second-order valence-electron chi connectivity index (χ2n) is 4.18. The van der Waals surface area contributed by atoms with Crippen molar-refractivity contribution in [3.63, 3.8) is 0 Å². The Hall–Kier alpha value is -2.37. The lowest BCUT2D eigenvalue weighted by atomic mass is 10.2. The van der Waals surface area contributed by atoms with Gasteiger partial charge in [0.25, 0.3) is 5.91 Å². The highest BCUT2D eigenvalue weighted by Crippen LogP contribution is 2.26. The normalized spacial score (nSPS) is 10.6.